The fourth-order valence-electron chi connectivity index (χ4n) is 1.92. The van der Waals surface area contributed by atoms with Crippen molar-refractivity contribution in [1.82, 2.24) is 9.97 Å². The van der Waals surface area contributed by atoms with Crippen LogP contribution in [0.15, 0.2) is 36.7 Å². The van der Waals surface area contributed by atoms with Gasteiger partial charge in [0.15, 0.2) is 0 Å². The van der Waals surface area contributed by atoms with Crippen molar-refractivity contribution in [3.8, 4) is 5.88 Å². The van der Waals surface area contributed by atoms with Gasteiger partial charge in [0.25, 0.3) is 0 Å². The number of hydrogen-bond donors (Lipinski definition) is 2. The number of hydrogen-bond acceptors (Lipinski definition) is 5. The van der Waals surface area contributed by atoms with Crippen LogP contribution in [-0.4, -0.2) is 16.1 Å². The quantitative estimate of drug-likeness (QED) is 0.818. The molecule has 20 heavy (non-hydrogen) atoms. The SMILES string of the molecule is CC(C)Oc1cncc(NC(C)c2ccccc2N)n1. The van der Waals surface area contributed by atoms with E-state index in [-0.39, 0.29) is 12.1 Å². The first-order chi connectivity index (χ1) is 9.56. The Labute approximate surface area is 119 Å². The number of ether oxygens (including phenoxy) is 1. The summed E-state index contributed by atoms with van der Waals surface area (Å²) in [5.41, 5.74) is 7.76. The van der Waals surface area contributed by atoms with E-state index >= 15 is 0 Å². The highest BCUT2D eigenvalue weighted by atomic mass is 16.5. The van der Waals surface area contributed by atoms with Crippen LogP contribution in [0.5, 0.6) is 5.88 Å². The molecule has 0 saturated heterocycles. The Hall–Kier alpha value is -2.30. The molecule has 1 unspecified atom stereocenters. The van der Waals surface area contributed by atoms with Crippen LogP contribution in [-0.2, 0) is 0 Å². The van der Waals surface area contributed by atoms with Gasteiger partial charge in [0, 0.05) is 5.69 Å². The molecule has 3 N–H and O–H groups in total. The lowest BCUT2D eigenvalue weighted by Gasteiger charge is -2.17. The normalized spacial score (nSPS) is 12.2. The van der Waals surface area contributed by atoms with Crippen LogP contribution in [0.4, 0.5) is 11.5 Å². The van der Waals surface area contributed by atoms with Gasteiger partial charge < -0.3 is 15.8 Å². The maximum Gasteiger partial charge on any atom is 0.234 e. The molecule has 1 atom stereocenters. The van der Waals surface area contributed by atoms with Crippen molar-refractivity contribution in [3.63, 3.8) is 0 Å². The van der Waals surface area contributed by atoms with Crippen LogP contribution < -0.4 is 15.8 Å². The Bertz CT molecular complexity index is 571. The van der Waals surface area contributed by atoms with E-state index < -0.39 is 0 Å². The van der Waals surface area contributed by atoms with Gasteiger partial charge in [0.2, 0.25) is 5.88 Å². The summed E-state index contributed by atoms with van der Waals surface area (Å²) < 4.78 is 5.53. The van der Waals surface area contributed by atoms with Crippen LogP contribution in [0.2, 0.25) is 0 Å². The van der Waals surface area contributed by atoms with Crippen molar-refractivity contribution in [2.24, 2.45) is 0 Å². The standard InChI is InChI=1S/C15H20N4O/c1-10(2)20-15-9-17-8-14(19-15)18-11(3)12-6-4-5-7-13(12)16/h4-11H,16H2,1-3H3,(H,18,19). The molecule has 0 aliphatic carbocycles. The lowest BCUT2D eigenvalue weighted by molar-refractivity contribution is 0.232. The van der Waals surface area contributed by atoms with Gasteiger partial charge in [0.1, 0.15) is 5.82 Å². The van der Waals surface area contributed by atoms with E-state index in [1.807, 2.05) is 45.0 Å². The third-order valence-electron chi connectivity index (χ3n) is 2.80. The molecule has 2 rings (SSSR count). The number of nitrogens with two attached hydrogens (primary N) is 1. The van der Waals surface area contributed by atoms with Crippen LogP contribution >= 0.6 is 0 Å². The van der Waals surface area contributed by atoms with Crippen LogP contribution in [0.25, 0.3) is 0 Å². The summed E-state index contributed by atoms with van der Waals surface area (Å²) in [6, 6.07) is 7.81. The van der Waals surface area contributed by atoms with Gasteiger partial charge in [-0.2, -0.15) is 4.98 Å². The molecule has 106 valence electrons. The van der Waals surface area contributed by atoms with Crippen molar-refractivity contribution in [2.75, 3.05) is 11.1 Å². The Balaban J connectivity index is 2.12. The molecular formula is C15H20N4O. The highest BCUT2D eigenvalue weighted by Crippen LogP contribution is 2.23. The van der Waals surface area contributed by atoms with Gasteiger partial charge in [-0.15, -0.1) is 0 Å². The predicted octanol–water partition coefficient (Wildman–Crippen LogP) is 3.02. The first-order valence-electron chi connectivity index (χ1n) is 6.66. The van der Waals surface area contributed by atoms with Gasteiger partial charge in [-0.25, -0.2) is 0 Å². The molecule has 0 bridgehead atoms. The summed E-state index contributed by atoms with van der Waals surface area (Å²) in [5, 5.41) is 3.28. The van der Waals surface area contributed by atoms with Crippen molar-refractivity contribution in [1.29, 1.82) is 0 Å². The molecule has 2 aromatic rings. The second-order valence-electron chi connectivity index (χ2n) is 4.90. The number of nitrogens with zero attached hydrogens (tertiary/aromatic N) is 2. The van der Waals surface area contributed by atoms with Gasteiger partial charge in [0.05, 0.1) is 24.5 Å². The van der Waals surface area contributed by atoms with E-state index in [4.69, 9.17) is 10.5 Å². The van der Waals surface area contributed by atoms with E-state index in [9.17, 15) is 0 Å². The number of rotatable bonds is 5. The zero-order valence-corrected chi connectivity index (χ0v) is 12.0. The zero-order chi connectivity index (χ0) is 14.5. The molecule has 1 aromatic heterocycles. The smallest absolute Gasteiger partial charge is 0.234 e. The Morgan fingerprint density at radius 2 is 1.90 bits per heavy atom. The second kappa shape index (κ2) is 6.23. The summed E-state index contributed by atoms with van der Waals surface area (Å²) in [4.78, 5) is 8.50. The Morgan fingerprint density at radius 3 is 2.60 bits per heavy atom. The number of benzene rings is 1. The topological polar surface area (TPSA) is 73.1 Å². The molecule has 1 aromatic carbocycles. The third kappa shape index (κ3) is 3.60. The minimum absolute atomic E-state index is 0.0415. The van der Waals surface area contributed by atoms with Gasteiger partial charge >= 0.3 is 0 Å². The number of aromatic nitrogens is 2. The maximum atomic E-state index is 5.97. The zero-order valence-electron chi connectivity index (χ0n) is 12.0. The number of para-hydroxylation sites is 1. The van der Waals surface area contributed by atoms with E-state index in [2.05, 4.69) is 15.3 Å². The van der Waals surface area contributed by atoms with Crippen molar-refractivity contribution in [3.05, 3.63) is 42.2 Å². The molecule has 0 spiro atoms. The second-order valence-corrected chi connectivity index (χ2v) is 4.90. The van der Waals surface area contributed by atoms with Crippen molar-refractivity contribution >= 4 is 11.5 Å². The first kappa shape index (κ1) is 14.1. The molecule has 0 amide bonds. The largest absolute Gasteiger partial charge is 0.474 e. The fraction of sp³-hybridized carbons (Fsp3) is 0.333. The van der Waals surface area contributed by atoms with E-state index in [1.54, 1.807) is 12.4 Å². The highest BCUT2D eigenvalue weighted by Gasteiger charge is 2.10. The molecule has 0 radical (unpaired) electrons. The molecule has 0 aliphatic heterocycles. The molecule has 5 nitrogen and oxygen atoms in total. The molecule has 0 aliphatic rings. The Kier molecular flexibility index (Phi) is 4.40. The number of anilines is 2. The van der Waals surface area contributed by atoms with Crippen LogP contribution in [0.1, 0.15) is 32.4 Å². The van der Waals surface area contributed by atoms with Crippen LogP contribution in [0.3, 0.4) is 0 Å². The lowest BCUT2D eigenvalue weighted by Crippen LogP contribution is -2.12. The minimum Gasteiger partial charge on any atom is -0.474 e. The fourth-order valence-corrected chi connectivity index (χ4v) is 1.92. The molecule has 1 heterocycles. The summed E-state index contributed by atoms with van der Waals surface area (Å²) >= 11 is 0. The lowest BCUT2D eigenvalue weighted by atomic mass is 10.1. The first-order valence-corrected chi connectivity index (χ1v) is 6.66. The van der Waals surface area contributed by atoms with Gasteiger partial charge in [-0.3, -0.25) is 4.98 Å². The Morgan fingerprint density at radius 1 is 1.15 bits per heavy atom. The van der Waals surface area contributed by atoms with Gasteiger partial charge in [-0.05, 0) is 32.4 Å². The average molecular weight is 272 g/mol. The molecule has 0 saturated carbocycles. The van der Waals surface area contributed by atoms with E-state index in [0.29, 0.717) is 11.7 Å². The minimum atomic E-state index is 0.0415. The number of nitrogens with one attached hydrogen (secondary N) is 1. The van der Waals surface area contributed by atoms with Crippen molar-refractivity contribution < 1.29 is 4.74 Å². The molecule has 0 fully saturated rings. The van der Waals surface area contributed by atoms with Gasteiger partial charge in [-0.1, -0.05) is 18.2 Å². The summed E-state index contributed by atoms with van der Waals surface area (Å²) in [7, 11) is 0. The summed E-state index contributed by atoms with van der Waals surface area (Å²) in [5.74, 6) is 1.18. The summed E-state index contributed by atoms with van der Waals surface area (Å²) in [6.45, 7) is 5.94. The number of nitrogen functional groups attached to an aromatic ring is 1. The monoisotopic (exact) mass is 272 g/mol. The maximum absolute atomic E-state index is 5.97. The van der Waals surface area contributed by atoms with Crippen molar-refractivity contribution in [2.45, 2.75) is 32.9 Å². The highest BCUT2D eigenvalue weighted by molar-refractivity contribution is 5.50. The third-order valence-corrected chi connectivity index (χ3v) is 2.80. The molecule has 5 heteroatoms. The van der Waals surface area contributed by atoms with Crippen LogP contribution in [0, 0.1) is 0 Å². The van der Waals surface area contributed by atoms with E-state index in [1.165, 1.54) is 0 Å². The predicted molar refractivity (Wildman–Crippen MR) is 80.7 cm³/mol. The molecular weight excluding hydrogens is 252 g/mol. The van der Waals surface area contributed by atoms with E-state index in [0.717, 1.165) is 11.3 Å². The summed E-state index contributed by atoms with van der Waals surface area (Å²) in [6.07, 6.45) is 3.34. The average Bonchev–Trinajstić information content (AvgIpc) is 2.38.